The SMILES string of the molecule is CCNC(=NCC1CCN(CC(F)(F)F)C1)N1CCN(c2cccs2)CC1. The van der Waals surface area contributed by atoms with E-state index in [1.807, 2.05) is 6.92 Å². The van der Waals surface area contributed by atoms with Gasteiger partial charge in [-0.3, -0.25) is 9.89 Å². The van der Waals surface area contributed by atoms with E-state index < -0.39 is 12.7 Å². The lowest BCUT2D eigenvalue weighted by atomic mass is 10.1. The van der Waals surface area contributed by atoms with Crippen LogP contribution in [0.3, 0.4) is 0 Å². The Hall–Kier alpha value is -1.48. The van der Waals surface area contributed by atoms with Gasteiger partial charge in [0.15, 0.2) is 5.96 Å². The van der Waals surface area contributed by atoms with Crippen LogP contribution in [0.25, 0.3) is 0 Å². The Balaban J connectivity index is 1.50. The van der Waals surface area contributed by atoms with E-state index in [4.69, 9.17) is 4.99 Å². The highest BCUT2D eigenvalue weighted by atomic mass is 32.1. The van der Waals surface area contributed by atoms with E-state index in [1.54, 1.807) is 11.3 Å². The summed E-state index contributed by atoms with van der Waals surface area (Å²) in [5.74, 6) is 1.09. The highest BCUT2D eigenvalue weighted by Gasteiger charge is 2.34. The predicted octanol–water partition coefficient (Wildman–Crippen LogP) is 2.72. The summed E-state index contributed by atoms with van der Waals surface area (Å²) >= 11 is 1.76. The first kappa shape index (κ1) is 20.3. The van der Waals surface area contributed by atoms with Crippen LogP contribution in [0.5, 0.6) is 0 Å². The molecule has 0 saturated carbocycles. The highest BCUT2D eigenvalue weighted by Crippen LogP contribution is 2.24. The van der Waals surface area contributed by atoms with Crippen molar-refractivity contribution in [2.24, 2.45) is 10.9 Å². The van der Waals surface area contributed by atoms with Crippen molar-refractivity contribution < 1.29 is 13.2 Å². The Morgan fingerprint density at radius 3 is 2.67 bits per heavy atom. The van der Waals surface area contributed by atoms with Crippen LogP contribution in [0.1, 0.15) is 13.3 Å². The number of likely N-dealkylation sites (tertiary alicyclic amines) is 1. The lowest BCUT2D eigenvalue weighted by Gasteiger charge is -2.37. The maximum atomic E-state index is 12.5. The molecule has 0 amide bonds. The van der Waals surface area contributed by atoms with Gasteiger partial charge in [-0.15, -0.1) is 11.3 Å². The monoisotopic (exact) mass is 403 g/mol. The number of thiophene rings is 1. The van der Waals surface area contributed by atoms with Gasteiger partial charge in [-0.25, -0.2) is 0 Å². The quantitative estimate of drug-likeness (QED) is 0.606. The topological polar surface area (TPSA) is 34.1 Å². The van der Waals surface area contributed by atoms with Crippen LogP contribution in [-0.2, 0) is 0 Å². The number of hydrogen-bond acceptors (Lipinski definition) is 4. The third-order valence-corrected chi connectivity index (χ3v) is 5.93. The average Bonchev–Trinajstić information content (AvgIpc) is 3.29. The van der Waals surface area contributed by atoms with E-state index in [1.165, 1.54) is 9.90 Å². The molecule has 1 aromatic rings. The predicted molar refractivity (Wildman–Crippen MR) is 105 cm³/mol. The zero-order valence-electron chi connectivity index (χ0n) is 15.7. The Labute approximate surface area is 162 Å². The molecule has 0 aliphatic carbocycles. The van der Waals surface area contributed by atoms with Crippen molar-refractivity contribution in [1.29, 1.82) is 0 Å². The van der Waals surface area contributed by atoms with Crippen molar-refractivity contribution >= 4 is 22.3 Å². The molecule has 27 heavy (non-hydrogen) atoms. The molecule has 2 saturated heterocycles. The Bertz CT molecular complexity index is 597. The summed E-state index contributed by atoms with van der Waals surface area (Å²) in [5, 5.41) is 6.73. The van der Waals surface area contributed by atoms with Crippen LogP contribution >= 0.6 is 11.3 Å². The van der Waals surface area contributed by atoms with Gasteiger partial charge in [0, 0.05) is 45.8 Å². The van der Waals surface area contributed by atoms with Crippen LogP contribution in [0.15, 0.2) is 22.5 Å². The van der Waals surface area contributed by atoms with Gasteiger partial charge in [-0.05, 0) is 43.3 Å². The third kappa shape index (κ3) is 6.00. The minimum Gasteiger partial charge on any atom is -0.360 e. The van der Waals surface area contributed by atoms with Gasteiger partial charge in [0.25, 0.3) is 0 Å². The van der Waals surface area contributed by atoms with E-state index in [2.05, 4.69) is 32.6 Å². The lowest BCUT2D eigenvalue weighted by Crippen LogP contribution is -2.52. The van der Waals surface area contributed by atoms with Crippen LogP contribution in [-0.4, -0.2) is 80.8 Å². The standard InChI is InChI=1S/C18H28F3N5S/c1-2-22-17(23-12-15-5-6-24(13-15)14-18(19,20)21)26-9-7-25(8-10-26)16-4-3-11-27-16/h3-4,11,15H,2,5-10,12-14H2,1H3,(H,22,23). The van der Waals surface area contributed by atoms with Crippen LogP contribution in [0.4, 0.5) is 18.2 Å². The molecule has 2 aliphatic heterocycles. The second-order valence-corrected chi connectivity index (χ2v) is 8.05. The van der Waals surface area contributed by atoms with E-state index in [9.17, 15) is 13.2 Å². The zero-order valence-corrected chi connectivity index (χ0v) is 16.5. The number of rotatable bonds is 5. The number of nitrogens with one attached hydrogen (secondary N) is 1. The molecule has 0 spiro atoms. The number of halogens is 3. The largest absolute Gasteiger partial charge is 0.401 e. The molecule has 5 nitrogen and oxygen atoms in total. The number of aliphatic imine (C=N–C) groups is 1. The smallest absolute Gasteiger partial charge is 0.360 e. The maximum Gasteiger partial charge on any atom is 0.401 e. The Kier molecular flexibility index (Phi) is 6.86. The number of piperazine rings is 1. The van der Waals surface area contributed by atoms with E-state index >= 15 is 0 Å². The average molecular weight is 404 g/mol. The molecule has 3 heterocycles. The number of nitrogens with zero attached hydrogens (tertiary/aromatic N) is 4. The fourth-order valence-corrected chi connectivity index (χ4v) is 4.47. The van der Waals surface area contributed by atoms with Gasteiger partial charge < -0.3 is 15.1 Å². The van der Waals surface area contributed by atoms with E-state index in [-0.39, 0.29) is 5.92 Å². The van der Waals surface area contributed by atoms with Crippen molar-refractivity contribution in [3.63, 3.8) is 0 Å². The second-order valence-electron chi connectivity index (χ2n) is 7.13. The molecular formula is C18H28F3N5S. The minimum atomic E-state index is -4.12. The molecule has 2 aliphatic rings. The van der Waals surface area contributed by atoms with Crippen molar-refractivity contribution in [1.82, 2.24) is 15.1 Å². The number of guanidine groups is 1. The fraction of sp³-hybridized carbons (Fsp3) is 0.722. The van der Waals surface area contributed by atoms with Crippen molar-refractivity contribution in [2.75, 3.05) is 63.8 Å². The summed E-state index contributed by atoms with van der Waals surface area (Å²) in [6.45, 7) is 7.29. The molecule has 0 radical (unpaired) electrons. The van der Waals surface area contributed by atoms with Crippen molar-refractivity contribution in [3.05, 3.63) is 17.5 Å². The summed E-state index contributed by atoms with van der Waals surface area (Å²) < 4.78 is 37.6. The summed E-state index contributed by atoms with van der Waals surface area (Å²) in [6.07, 6.45) is -3.33. The molecular weight excluding hydrogens is 375 g/mol. The number of alkyl halides is 3. The molecule has 0 aromatic carbocycles. The van der Waals surface area contributed by atoms with Crippen LogP contribution in [0, 0.1) is 5.92 Å². The molecule has 0 bridgehead atoms. The Morgan fingerprint density at radius 1 is 1.26 bits per heavy atom. The highest BCUT2D eigenvalue weighted by molar-refractivity contribution is 7.14. The van der Waals surface area contributed by atoms with Gasteiger partial charge in [0.2, 0.25) is 0 Å². The molecule has 3 rings (SSSR count). The van der Waals surface area contributed by atoms with E-state index in [0.717, 1.165) is 45.1 Å². The number of hydrogen-bond donors (Lipinski definition) is 1. The normalized spacial score (nSPS) is 22.5. The fourth-order valence-electron chi connectivity index (χ4n) is 3.69. The number of anilines is 1. The maximum absolute atomic E-state index is 12.5. The zero-order chi connectivity index (χ0) is 19.3. The summed E-state index contributed by atoms with van der Waals surface area (Å²) in [5.41, 5.74) is 0. The van der Waals surface area contributed by atoms with Crippen molar-refractivity contribution in [2.45, 2.75) is 19.5 Å². The first-order chi connectivity index (χ1) is 12.9. The van der Waals surface area contributed by atoms with Crippen LogP contribution in [0.2, 0.25) is 0 Å². The van der Waals surface area contributed by atoms with Gasteiger partial charge in [-0.2, -0.15) is 13.2 Å². The van der Waals surface area contributed by atoms with Gasteiger partial charge in [-0.1, -0.05) is 0 Å². The summed E-state index contributed by atoms with van der Waals surface area (Å²) in [6, 6.07) is 4.22. The molecule has 1 atom stereocenters. The van der Waals surface area contributed by atoms with Crippen LogP contribution < -0.4 is 10.2 Å². The molecule has 2 fully saturated rings. The molecule has 9 heteroatoms. The van der Waals surface area contributed by atoms with Gasteiger partial charge in [0.05, 0.1) is 11.5 Å². The molecule has 1 N–H and O–H groups in total. The Morgan fingerprint density at radius 2 is 2.04 bits per heavy atom. The molecule has 152 valence electrons. The van der Waals surface area contributed by atoms with E-state index in [0.29, 0.717) is 19.6 Å². The molecule has 1 unspecified atom stereocenters. The lowest BCUT2D eigenvalue weighted by molar-refractivity contribution is -0.143. The van der Waals surface area contributed by atoms with Crippen molar-refractivity contribution in [3.8, 4) is 0 Å². The molecule has 1 aromatic heterocycles. The first-order valence-corrected chi connectivity index (χ1v) is 10.4. The summed E-state index contributed by atoms with van der Waals surface area (Å²) in [7, 11) is 0. The van der Waals surface area contributed by atoms with Gasteiger partial charge >= 0.3 is 6.18 Å². The van der Waals surface area contributed by atoms with Gasteiger partial charge in [0.1, 0.15) is 0 Å². The third-order valence-electron chi connectivity index (χ3n) is 5.00. The minimum absolute atomic E-state index is 0.202. The first-order valence-electron chi connectivity index (χ1n) is 9.55. The summed E-state index contributed by atoms with van der Waals surface area (Å²) in [4.78, 5) is 10.9. The second kappa shape index (κ2) is 9.14.